The Balaban J connectivity index is 1.36. The van der Waals surface area contributed by atoms with Gasteiger partial charge in [-0.25, -0.2) is 0 Å². The molecule has 0 bridgehead atoms. The lowest BCUT2D eigenvalue weighted by Crippen LogP contribution is -2.63. The van der Waals surface area contributed by atoms with Gasteiger partial charge in [-0.1, -0.05) is 106 Å². The van der Waals surface area contributed by atoms with E-state index < -0.39 is 16.1 Å². The van der Waals surface area contributed by atoms with Crippen LogP contribution in [0.3, 0.4) is 0 Å². The molecule has 4 heteroatoms. The Hall–Kier alpha value is -5.17. The smallest absolute Gasteiger partial charge is 0.0579 e. The first-order valence-electron chi connectivity index (χ1n) is 19.8. The molecule has 55 heavy (non-hydrogen) atoms. The molecular weight excluding hydrogens is 697 g/mol. The third-order valence-corrected chi connectivity index (χ3v) is 21.9. The fourth-order valence-electron chi connectivity index (χ4n) is 10.3. The number of fused-ring (bicyclic) bond motifs is 4. The highest BCUT2D eigenvalue weighted by Crippen LogP contribution is 2.59. The molecule has 0 unspecified atom stereocenters. The fraction of sp³-hybridized carbons (Fsp3) is 0.216. The van der Waals surface area contributed by atoms with Crippen molar-refractivity contribution in [2.75, 3.05) is 9.80 Å². The van der Waals surface area contributed by atoms with Crippen LogP contribution in [-0.2, 0) is 4.66 Å². The zero-order valence-corrected chi connectivity index (χ0v) is 36.3. The Morgan fingerprint density at radius 3 is 1.25 bits per heavy atom. The van der Waals surface area contributed by atoms with Gasteiger partial charge in [-0.15, -0.1) is 0 Å². The topological polar surface area (TPSA) is 6.48 Å². The summed E-state index contributed by atoms with van der Waals surface area (Å²) in [6, 6.07) is 55.1. The normalized spacial score (nSPS) is 13.4. The highest BCUT2D eigenvalue weighted by Gasteiger charge is 2.59. The molecule has 0 aliphatic heterocycles. The van der Waals surface area contributed by atoms with Gasteiger partial charge in [0.1, 0.15) is 0 Å². The van der Waals surface area contributed by atoms with Crippen LogP contribution in [-0.4, -0.2) is 16.1 Å². The van der Waals surface area contributed by atoms with Crippen LogP contribution in [0.15, 0.2) is 146 Å². The summed E-state index contributed by atoms with van der Waals surface area (Å²) in [6.45, 7) is 24.5. The van der Waals surface area contributed by atoms with Crippen LogP contribution in [0, 0.1) is 27.7 Å². The van der Waals surface area contributed by atoms with E-state index in [-0.39, 0.29) is 4.66 Å². The van der Waals surface area contributed by atoms with Gasteiger partial charge in [0, 0.05) is 38.8 Å². The van der Waals surface area contributed by atoms with E-state index in [4.69, 9.17) is 0 Å². The summed E-state index contributed by atoms with van der Waals surface area (Å²) >= 11 is 0. The molecule has 7 aromatic carbocycles. The predicted octanol–water partition coefficient (Wildman–Crippen LogP) is 15.0. The molecule has 0 heterocycles. The molecule has 0 aromatic heterocycles. The molecule has 0 saturated heterocycles. The van der Waals surface area contributed by atoms with Gasteiger partial charge >= 0.3 is 0 Å². The quantitative estimate of drug-likeness (QED) is 0.143. The number of aryl methyl sites for hydroxylation is 4. The van der Waals surface area contributed by atoms with Crippen LogP contribution < -0.4 is 9.80 Å². The zero-order valence-electron chi connectivity index (χ0n) is 34.3. The van der Waals surface area contributed by atoms with E-state index in [0.717, 1.165) is 0 Å². The first kappa shape index (κ1) is 36.8. The minimum atomic E-state index is -1.95. The number of rotatable bonds is 8. The molecule has 0 spiro atoms. The van der Waals surface area contributed by atoms with Gasteiger partial charge in [0.25, 0.3) is 0 Å². The molecule has 0 fully saturated rings. The Kier molecular flexibility index (Phi) is 9.06. The number of benzene rings is 7. The standard InChI is InChI=1S/C51H54N2Si2/c1-35-25-36(2)28-45(27-35)52(41-17-13-11-14-18-41)43-22-21-39-32-48-47-24-23-44(53(42-19-15-12-16-20-42)46-29-37(3)26-38(4)30-46)34-50(47)51(54(5,6)7,55(8,9)10)49(48)33-40(39)31-43/h11-34H,1-10H3. The van der Waals surface area contributed by atoms with Crippen molar-refractivity contribution < 1.29 is 0 Å². The van der Waals surface area contributed by atoms with E-state index in [0.29, 0.717) is 0 Å². The second-order valence-electron chi connectivity index (χ2n) is 17.9. The maximum absolute atomic E-state index is 2.62. The predicted molar refractivity (Wildman–Crippen MR) is 245 cm³/mol. The lowest BCUT2D eigenvalue weighted by molar-refractivity contribution is 0.953. The van der Waals surface area contributed by atoms with Crippen LogP contribution in [0.4, 0.5) is 34.1 Å². The largest absolute Gasteiger partial charge is 0.310 e. The molecule has 0 saturated carbocycles. The summed E-state index contributed by atoms with van der Waals surface area (Å²) in [4.78, 5) is 4.89. The van der Waals surface area contributed by atoms with Crippen molar-refractivity contribution >= 4 is 61.0 Å². The summed E-state index contributed by atoms with van der Waals surface area (Å²) in [6.07, 6.45) is 0. The lowest BCUT2D eigenvalue weighted by Gasteiger charge is -2.51. The van der Waals surface area contributed by atoms with Crippen LogP contribution in [0.5, 0.6) is 0 Å². The summed E-state index contributed by atoms with van der Waals surface area (Å²) in [5, 5.41) is 2.59. The average Bonchev–Trinajstić information content (AvgIpc) is 3.41. The molecule has 276 valence electrons. The van der Waals surface area contributed by atoms with Crippen LogP contribution in [0.1, 0.15) is 33.4 Å². The second-order valence-corrected chi connectivity index (χ2v) is 28.9. The van der Waals surface area contributed by atoms with E-state index >= 15 is 0 Å². The maximum Gasteiger partial charge on any atom is 0.0579 e. The van der Waals surface area contributed by atoms with Crippen molar-refractivity contribution in [3.05, 3.63) is 179 Å². The molecular formula is C51H54N2Si2. The van der Waals surface area contributed by atoms with E-state index in [9.17, 15) is 0 Å². The van der Waals surface area contributed by atoms with E-state index in [1.807, 2.05) is 0 Å². The van der Waals surface area contributed by atoms with Crippen molar-refractivity contribution in [3.63, 3.8) is 0 Å². The lowest BCUT2D eigenvalue weighted by atomic mass is 9.99. The minimum Gasteiger partial charge on any atom is -0.310 e. The van der Waals surface area contributed by atoms with Crippen molar-refractivity contribution in [2.24, 2.45) is 0 Å². The van der Waals surface area contributed by atoms with Crippen molar-refractivity contribution in [1.82, 2.24) is 0 Å². The highest BCUT2D eigenvalue weighted by atomic mass is 28.4. The van der Waals surface area contributed by atoms with Gasteiger partial charge in [-0.05, 0) is 162 Å². The average molecular weight is 751 g/mol. The van der Waals surface area contributed by atoms with Crippen molar-refractivity contribution in [1.29, 1.82) is 0 Å². The van der Waals surface area contributed by atoms with Crippen molar-refractivity contribution in [3.8, 4) is 11.1 Å². The Morgan fingerprint density at radius 1 is 0.345 bits per heavy atom. The van der Waals surface area contributed by atoms with Crippen LogP contribution in [0.25, 0.3) is 21.9 Å². The number of para-hydroxylation sites is 2. The first-order valence-corrected chi connectivity index (χ1v) is 26.8. The molecule has 2 nitrogen and oxygen atoms in total. The molecule has 1 aliphatic carbocycles. The van der Waals surface area contributed by atoms with Gasteiger partial charge in [-0.2, -0.15) is 0 Å². The molecule has 7 aromatic rings. The van der Waals surface area contributed by atoms with Gasteiger partial charge in [0.2, 0.25) is 0 Å². The Bertz CT molecular complexity index is 2510. The number of nitrogens with zero attached hydrogens (tertiary/aromatic N) is 2. The minimum absolute atomic E-state index is 0.0114. The SMILES string of the molecule is Cc1cc(C)cc(N(c2ccccc2)c2ccc3c(c2)C([Si](C)(C)C)([Si](C)(C)C)c2cc4cc(N(c5ccccc5)c5cc(C)cc(C)c5)ccc4cc2-3)c1. The van der Waals surface area contributed by atoms with E-state index in [2.05, 4.69) is 222 Å². The number of hydrogen-bond acceptors (Lipinski definition) is 2. The van der Waals surface area contributed by atoms with Crippen LogP contribution in [0.2, 0.25) is 39.3 Å². The first-order chi connectivity index (χ1) is 26.2. The Morgan fingerprint density at radius 2 is 0.782 bits per heavy atom. The molecule has 0 amide bonds. The summed E-state index contributed by atoms with van der Waals surface area (Å²) in [5.74, 6) is 0. The highest BCUT2D eigenvalue weighted by molar-refractivity contribution is 6.99. The number of anilines is 6. The fourth-order valence-corrected chi connectivity index (χ4v) is 23.3. The molecule has 0 radical (unpaired) electrons. The summed E-state index contributed by atoms with van der Waals surface area (Å²) in [7, 11) is -3.91. The summed E-state index contributed by atoms with van der Waals surface area (Å²) < 4.78 is -0.0114. The maximum atomic E-state index is 2.62. The molecule has 0 atom stereocenters. The number of hydrogen-bond donors (Lipinski definition) is 0. The van der Waals surface area contributed by atoms with Crippen LogP contribution >= 0.6 is 0 Å². The zero-order chi connectivity index (χ0) is 38.9. The third kappa shape index (κ3) is 6.26. The molecule has 0 N–H and O–H groups in total. The summed E-state index contributed by atoms with van der Waals surface area (Å²) in [5.41, 5.74) is 18.1. The monoisotopic (exact) mass is 750 g/mol. The van der Waals surface area contributed by atoms with E-state index in [1.165, 1.54) is 89.4 Å². The van der Waals surface area contributed by atoms with Gasteiger partial charge < -0.3 is 9.80 Å². The second kappa shape index (κ2) is 13.5. The molecule has 1 aliphatic rings. The van der Waals surface area contributed by atoms with E-state index in [1.54, 1.807) is 0 Å². The van der Waals surface area contributed by atoms with Gasteiger partial charge in [0.05, 0.1) is 16.1 Å². The van der Waals surface area contributed by atoms with Gasteiger partial charge in [0.15, 0.2) is 0 Å². The third-order valence-electron chi connectivity index (χ3n) is 11.8. The molecule has 8 rings (SSSR count). The van der Waals surface area contributed by atoms with Gasteiger partial charge in [-0.3, -0.25) is 0 Å². The Labute approximate surface area is 331 Å². The van der Waals surface area contributed by atoms with Crippen molar-refractivity contribution in [2.45, 2.75) is 71.6 Å².